The molecule has 15 heteroatoms. The fourth-order valence-electron chi connectivity index (χ4n) is 3.90. The van der Waals surface area contributed by atoms with Gasteiger partial charge in [-0.1, -0.05) is 42.1 Å². The molecule has 0 radical (unpaired) electrons. The quantitative estimate of drug-likeness (QED) is 0.231. The number of primary amides is 1. The molecule has 4 atom stereocenters. The maximum Gasteiger partial charge on any atom is 0.352 e. The summed E-state index contributed by atoms with van der Waals surface area (Å²) >= 11 is 2.49. The molecule has 5 N–H and O–H groups in total. The number of amides is 3. The van der Waals surface area contributed by atoms with Gasteiger partial charge in [-0.3, -0.25) is 19.3 Å². The molecule has 1 aromatic carbocycles. The minimum atomic E-state index is -1.45. The number of nitrogens with zero attached hydrogens (tertiary/aromatic N) is 5. The Morgan fingerprint density at radius 2 is 2.03 bits per heavy atom. The van der Waals surface area contributed by atoms with Crippen LogP contribution in [0.2, 0.25) is 0 Å². The van der Waals surface area contributed by atoms with Gasteiger partial charge in [0.05, 0.1) is 6.04 Å². The van der Waals surface area contributed by atoms with Crippen LogP contribution in [0.1, 0.15) is 31.1 Å². The lowest BCUT2D eigenvalue weighted by Crippen LogP contribution is -2.70. The molecule has 0 aliphatic carbocycles. The van der Waals surface area contributed by atoms with E-state index < -0.39 is 41.2 Å². The van der Waals surface area contributed by atoms with Crippen molar-refractivity contribution in [2.75, 3.05) is 11.5 Å². The van der Waals surface area contributed by atoms with Gasteiger partial charge < -0.3 is 21.3 Å². The highest BCUT2D eigenvalue weighted by Crippen LogP contribution is 2.41. The number of aromatic nitrogens is 4. The van der Waals surface area contributed by atoms with Gasteiger partial charge in [0.25, 0.3) is 11.8 Å². The Kier molecular flexibility index (Phi) is 7.61. The molecule has 36 heavy (non-hydrogen) atoms. The normalized spacial score (nSPS) is 20.8. The zero-order chi connectivity index (χ0) is 26.0. The number of aliphatic hydroxyl groups is 1. The van der Waals surface area contributed by atoms with Gasteiger partial charge in [-0.25, -0.2) is 9.48 Å². The van der Waals surface area contributed by atoms with Gasteiger partial charge in [-0.15, -0.1) is 16.9 Å². The van der Waals surface area contributed by atoms with E-state index in [0.29, 0.717) is 22.0 Å². The Hall–Kier alpha value is -3.43. The number of carboxylic acids is 1. The third-order valence-electron chi connectivity index (χ3n) is 5.66. The summed E-state index contributed by atoms with van der Waals surface area (Å²) in [5, 5.41) is 33.9. The fraction of sp³-hybridized carbons (Fsp3) is 0.381. The first-order chi connectivity index (χ1) is 17.2. The number of fused-ring (bicyclic) bond motifs is 1. The third-order valence-corrected chi connectivity index (χ3v) is 8.02. The first-order valence-corrected chi connectivity index (χ1v) is 12.8. The average Bonchev–Trinajstić information content (AvgIpc) is 3.33. The van der Waals surface area contributed by atoms with Crippen molar-refractivity contribution in [1.29, 1.82) is 0 Å². The van der Waals surface area contributed by atoms with Crippen molar-refractivity contribution in [1.82, 2.24) is 30.4 Å². The van der Waals surface area contributed by atoms with Crippen molar-refractivity contribution in [2.45, 2.75) is 42.1 Å². The molecule has 2 aliphatic heterocycles. The lowest BCUT2D eigenvalue weighted by atomic mass is 10.0. The molecular formula is C21H23N7O6S2. The molecule has 1 aromatic heterocycles. The monoisotopic (exact) mass is 533 g/mol. The van der Waals surface area contributed by atoms with Crippen LogP contribution in [0.25, 0.3) is 0 Å². The fourth-order valence-corrected chi connectivity index (χ4v) is 6.36. The van der Waals surface area contributed by atoms with Crippen molar-refractivity contribution < 1.29 is 29.4 Å². The lowest BCUT2D eigenvalue weighted by Gasteiger charge is -2.49. The van der Waals surface area contributed by atoms with Crippen LogP contribution in [0.4, 0.5) is 0 Å². The molecular weight excluding hydrogens is 510 g/mol. The minimum absolute atomic E-state index is 0.0353. The smallest absolute Gasteiger partial charge is 0.352 e. The van der Waals surface area contributed by atoms with Gasteiger partial charge in [0.1, 0.15) is 17.1 Å². The summed E-state index contributed by atoms with van der Waals surface area (Å²) in [5.41, 5.74) is 5.98. The summed E-state index contributed by atoms with van der Waals surface area (Å²) in [5.74, 6) is -2.58. The molecule has 4 rings (SSSR count). The summed E-state index contributed by atoms with van der Waals surface area (Å²) in [6, 6.07) is 6.96. The highest BCUT2D eigenvalue weighted by molar-refractivity contribution is 8.01. The molecule has 0 bridgehead atoms. The van der Waals surface area contributed by atoms with Gasteiger partial charge in [0, 0.05) is 17.9 Å². The highest BCUT2D eigenvalue weighted by Gasteiger charge is 2.54. The van der Waals surface area contributed by atoms with Crippen molar-refractivity contribution in [3.63, 3.8) is 0 Å². The SMILES string of the molecule is CC(CC(N)=O)n1nnnc1SCC1=C(C(=O)O)N2C(=O)C(NC(=O)[C@H](O)c3ccccc3)[C@H]2SC1. The van der Waals surface area contributed by atoms with Crippen molar-refractivity contribution in [3.8, 4) is 0 Å². The van der Waals surface area contributed by atoms with E-state index in [1.807, 2.05) is 0 Å². The van der Waals surface area contributed by atoms with Crippen LogP contribution in [-0.4, -0.2) is 81.9 Å². The molecule has 0 spiro atoms. The van der Waals surface area contributed by atoms with Gasteiger partial charge in [-0.05, 0) is 28.5 Å². The molecule has 2 unspecified atom stereocenters. The Balaban J connectivity index is 1.45. The number of tetrazole rings is 1. The highest BCUT2D eigenvalue weighted by atomic mass is 32.2. The molecule has 1 fully saturated rings. The third kappa shape index (κ3) is 5.08. The van der Waals surface area contributed by atoms with Crippen LogP contribution in [0.15, 0.2) is 46.8 Å². The van der Waals surface area contributed by atoms with E-state index in [1.54, 1.807) is 37.3 Å². The Morgan fingerprint density at radius 3 is 2.69 bits per heavy atom. The number of rotatable bonds is 10. The number of thioether (sulfide) groups is 2. The second-order valence-corrected chi connectivity index (χ2v) is 10.2. The zero-order valence-corrected chi connectivity index (χ0v) is 20.6. The van der Waals surface area contributed by atoms with E-state index in [4.69, 9.17) is 5.73 Å². The van der Waals surface area contributed by atoms with Crippen LogP contribution in [-0.2, 0) is 19.2 Å². The van der Waals surface area contributed by atoms with E-state index in [9.17, 15) is 29.4 Å². The van der Waals surface area contributed by atoms with Crippen molar-refractivity contribution >= 4 is 47.2 Å². The first kappa shape index (κ1) is 25.7. The van der Waals surface area contributed by atoms with Gasteiger partial charge >= 0.3 is 5.97 Å². The Morgan fingerprint density at radius 1 is 1.31 bits per heavy atom. The standard InChI is InChI=1S/C21H23N7O6S2/c1-10(7-13(22)29)28-21(24-25-26-28)36-9-12-8-35-19-14(18(32)27(19)15(12)20(33)34)23-17(31)16(30)11-5-3-2-4-6-11/h2-6,10,14,16,19,30H,7-9H2,1H3,(H2,22,29)(H,23,31)(H,33,34)/t10?,14?,16-,19-/m1/s1. The number of hydrogen-bond acceptors (Lipinski definition) is 10. The average molecular weight is 534 g/mol. The molecule has 13 nitrogen and oxygen atoms in total. The second kappa shape index (κ2) is 10.7. The van der Waals surface area contributed by atoms with E-state index in [1.165, 1.54) is 28.2 Å². The number of benzene rings is 1. The summed E-state index contributed by atoms with van der Waals surface area (Å²) in [6.45, 7) is 1.73. The van der Waals surface area contributed by atoms with Gasteiger partial charge in [0.2, 0.25) is 11.1 Å². The summed E-state index contributed by atoms with van der Waals surface area (Å²) in [6.07, 6.45) is -1.42. The summed E-state index contributed by atoms with van der Waals surface area (Å²) in [4.78, 5) is 49.8. The zero-order valence-electron chi connectivity index (χ0n) is 19.0. The number of aliphatic hydroxyl groups excluding tert-OH is 1. The van der Waals surface area contributed by atoms with Crippen LogP contribution in [0.3, 0.4) is 0 Å². The number of carbonyl (C=O) groups is 4. The Labute approximate surface area is 213 Å². The number of nitrogens with two attached hydrogens (primary N) is 1. The number of aliphatic carboxylic acids is 1. The summed E-state index contributed by atoms with van der Waals surface area (Å²) in [7, 11) is 0. The number of carboxylic acid groups (broad SMARTS) is 1. The van der Waals surface area contributed by atoms with E-state index >= 15 is 0 Å². The number of nitrogens with one attached hydrogen (secondary N) is 1. The largest absolute Gasteiger partial charge is 0.477 e. The van der Waals surface area contributed by atoms with Crippen LogP contribution in [0.5, 0.6) is 0 Å². The number of carbonyl (C=O) groups excluding carboxylic acids is 3. The second-order valence-electron chi connectivity index (χ2n) is 8.18. The summed E-state index contributed by atoms with van der Waals surface area (Å²) < 4.78 is 1.44. The van der Waals surface area contributed by atoms with Gasteiger partial charge in [0.15, 0.2) is 6.10 Å². The molecule has 1 saturated heterocycles. The maximum absolute atomic E-state index is 12.9. The topological polar surface area (TPSA) is 194 Å². The number of hydrogen-bond donors (Lipinski definition) is 4. The molecule has 3 amide bonds. The van der Waals surface area contributed by atoms with Crippen LogP contribution in [0, 0.1) is 0 Å². The van der Waals surface area contributed by atoms with E-state index in [-0.39, 0.29) is 23.9 Å². The number of β-lactam (4-membered cyclic amide) rings is 1. The molecule has 0 saturated carbocycles. The van der Waals surface area contributed by atoms with Crippen molar-refractivity contribution in [3.05, 3.63) is 47.2 Å². The van der Waals surface area contributed by atoms with Crippen molar-refractivity contribution in [2.24, 2.45) is 5.73 Å². The van der Waals surface area contributed by atoms with Gasteiger partial charge in [-0.2, -0.15) is 0 Å². The van der Waals surface area contributed by atoms with E-state index in [0.717, 1.165) is 4.90 Å². The maximum atomic E-state index is 12.9. The first-order valence-electron chi connectivity index (χ1n) is 10.8. The molecule has 2 aliphatic rings. The predicted octanol–water partition coefficient (Wildman–Crippen LogP) is -0.326. The predicted molar refractivity (Wildman–Crippen MR) is 128 cm³/mol. The Bertz CT molecular complexity index is 1220. The minimum Gasteiger partial charge on any atom is -0.477 e. The van der Waals surface area contributed by atoms with Crippen LogP contribution >= 0.6 is 23.5 Å². The molecule has 2 aromatic rings. The molecule has 190 valence electrons. The lowest BCUT2D eigenvalue weighted by molar-refractivity contribution is -0.151. The van der Waals surface area contributed by atoms with E-state index in [2.05, 4.69) is 20.8 Å². The molecule has 3 heterocycles. The van der Waals surface area contributed by atoms with Crippen LogP contribution < -0.4 is 11.1 Å².